The molecule has 0 spiro atoms. The molecule has 1 aliphatic heterocycles. The van der Waals surface area contributed by atoms with Gasteiger partial charge in [-0.1, -0.05) is 6.07 Å². The first-order valence-electron chi connectivity index (χ1n) is 6.51. The monoisotopic (exact) mass is 301 g/mol. The highest BCUT2D eigenvalue weighted by Crippen LogP contribution is 2.30. The molecule has 7 heteroatoms. The zero-order valence-corrected chi connectivity index (χ0v) is 12.1. The summed E-state index contributed by atoms with van der Waals surface area (Å²) >= 11 is 0. The smallest absolute Gasteiger partial charge is 0.216 e. The van der Waals surface area contributed by atoms with Crippen molar-refractivity contribution in [2.45, 2.75) is 18.6 Å². The van der Waals surface area contributed by atoms with Crippen molar-refractivity contribution in [2.24, 2.45) is 0 Å². The normalized spacial score (nSPS) is 15.9. The molecular weight excluding hydrogens is 282 g/mol. The summed E-state index contributed by atoms with van der Waals surface area (Å²) in [5, 5.41) is 8.07. The number of ether oxygens (including phenoxy) is 2. The lowest BCUT2D eigenvalue weighted by Gasteiger charge is -2.19. The Bertz CT molecular complexity index is 558. The molecule has 0 aliphatic carbocycles. The minimum Gasteiger partial charge on any atom is -0.486 e. The Labute approximate surface area is 118 Å². The number of aliphatic hydroxyl groups excluding tert-OH is 1. The number of hydrogen-bond acceptors (Lipinski definition) is 5. The molecule has 1 aromatic carbocycles. The maximum atomic E-state index is 11.7. The summed E-state index contributed by atoms with van der Waals surface area (Å²) in [5.74, 6) is 1.41. The van der Waals surface area contributed by atoms with Gasteiger partial charge in [-0.3, -0.25) is 0 Å². The van der Waals surface area contributed by atoms with Gasteiger partial charge in [0.15, 0.2) is 11.5 Å². The van der Waals surface area contributed by atoms with Crippen LogP contribution < -0.4 is 14.2 Å². The van der Waals surface area contributed by atoms with Crippen molar-refractivity contribution in [1.29, 1.82) is 0 Å². The number of aliphatic hydroxyl groups is 1. The third-order valence-corrected chi connectivity index (χ3v) is 4.93. The second-order valence-electron chi connectivity index (χ2n) is 4.66. The Morgan fingerprint density at radius 3 is 2.70 bits per heavy atom. The second-order valence-corrected chi connectivity index (χ2v) is 6.84. The quantitative estimate of drug-likeness (QED) is 0.789. The fourth-order valence-electron chi connectivity index (χ4n) is 1.82. The highest BCUT2D eigenvalue weighted by atomic mass is 32.2. The van der Waals surface area contributed by atoms with Crippen LogP contribution in [0.3, 0.4) is 0 Å². The first kappa shape index (κ1) is 15.1. The molecule has 1 aliphatic rings. The van der Waals surface area contributed by atoms with Crippen LogP contribution >= 0.6 is 0 Å². The van der Waals surface area contributed by atoms with Crippen LogP contribution in [0.4, 0.5) is 0 Å². The standard InChI is InChI=1S/C13H19NO5S/c1-10(9-15)20(16,17)14-5-4-11-2-3-12-13(8-11)19-7-6-18-12/h2-3,8,10,14-15H,4-7,9H2,1H3. The molecule has 1 aromatic rings. The van der Waals surface area contributed by atoms with Crippen molar-refractivity contribution in [2.75, 3.05) is 26.4 Å². The Hall–Kier alpha value is -1.31. The summed E-state index contributed by atoms with van der Waals surface area (Å²) in [7, 11) is -3.45. The van der Waals surface area contributed by atoms with Gasteiger partial charge in [-0.05, 0) is 31.0 Å². The van der Waals surface area contributed by atoms with Gasteiger partial charge in [0.2, 0.25) is 10.0 Å². The van der Waals surface area contributed by atoms with E-state index in [0.29, 0.717) is 25.4 Å². The van der Waals surface area contributed by atoms with E-state index >= 15 is 0 Å². The Morgan fingerprint density at radius 1 is 1.30 bits per heavy atom. The number of nitrogens with one attached hydrogen (secondary N) is 1. The molecule has 1 atom stereocenters. The van der Waals surface area contributed by atoms with Crippen LogP contribution in [0.2, 0.25) is 0 Å². The molecule has 2 rings (SSSR count). The van der Waals surface area contributed by atoms with Crippen molar-refractivity contribution >= 4 is 10.0 Å². The van der Waals surface area contributed by atoms with E-state index in [4.69, 9.17) is 14.6 Å². The topological polar surface area (TPSA) is 84.9 Å². The zero-order valence-electron chi connectivity index (χ0n) is 11.3. The van der Waals surface area contributed by atoms with E-state index in [-0.39, 0.29) is 13.2 Å². The number of sulfonamides is 1. The van der Waals surface area contributed by atoms with Gasteiger partial charge in [0, 0.05) is 6.54 Å². The first-order valence-corrected chi connectivity index (χ1v) is 8.05. The highest BCUT2D eigenvalue weighted by Gasteiger charge is 2.19. The van der Waals surface area contributed by atoms with Gasteiger partial charge >= 0.3 is 0 Å². The summed E-state index contributed by atoms with van der Waals surface area (Å²) in [6.45, 7) is 2.43. The summed E-state index contributed by atoms with van der Waals surface area (Å²) in [6, 6.07) is 5.57. The third-order valence-electron chi connectivity index (χ3n) is 3.11. The first-order chi connectivity index (χ1) is 9.53. The van der Waals surface area contributed by atoms with Gasteiger partial charge in [-0.25, -0.2) is 13.1 Å². The molecule has 0 radical (unpaired) electrons. The minimum atomic E-state index is -3.45. The van der Waals surface area contributed by atoms with E-state index in [1.807, 2.05) is 18.2 Å². The van der Waals surface area contributed by atoms with Gasteiger partial charge < -0.3 is 14.6 Å². The van der Waals surface area contributed by atoms with Gasteiger partial charge in [0.25, 0.3) is 0 Å². The van der Waals surface area contributed by atoms with E-state index in [2.05, 4.69) is 4.72 Å². The number of rotatable bonds is 6. The zero-order chi connectivity index (χ0) is 14.6. The van der Waals surface area contributed by atoms with Gasteiger partial charge in [-0.2, -0.15) is 0 Å². The fourth-order valence-corrected chi connectivity index (χ4v) is 2.69. The van der Waals surface area contributed by atoms with Crippen molar-refractivity contribution in [3.05, 3.63) is 23.8 Å². The molecule has 0 aromatic heterocycles. The van der Waals surface area contributed by atoms with Crippen LogP contribution in [-0.2, 0) is 16.4 Å². The van der Waals surface area contributed by atoms with E-state index in [0.717, 1.165) is 11.3 Å². The van der Waals surface area contributed by atoms with E-state index in [1.54, 1.807) is 0 Å². The summed E-state index contributed by atoms with van der Waals surface area (Å²) in [4.78, 5) is 0. The summed E-state index contributed by atoms with van der Waals surface area (Å²) < 4.78 is 36.7. The molecule has 1 unspecified atom stereocenters. The molecule has 2 N–H and O–H groups in total. The molecule has 112 valence electrons. The van der Waals surface area contributed by atoms with Gasteiger partial charge in [0.1, 0.15) is 13.2 Å². The molecule has 1 heterocycles. The maximum Gasteiger partial charge on any atom is 0.216 e. The highest BCUT2D eigenvalue weighted by molar-refractivity contribution is 7.90. The average Bonchev–Trinajstić information content (AvgIpc) is 2.46. The van der Waals surface area contributed by atoms with Gasteiger partial charge in [0.05, 0.1) is 11.9 Å². The fraction of sp³-hybridized carbons (Fsp3) is 0.538. The minimum absolute atomic E-state index is 0.284. The number of hydrogen-bond donors (Lipinski definition) is 2. The maximum absolute atomic E-state index is 11.7. The van der Waals surface area contributed by atoms with Gasteiger partial charge in [-0.15, -0.1) is 0 Å². The van der Waals surface area contributed by atoms with Crippen LogP contribution in [-0.4, -0.2) is 45.1 Å². The largest absolute Gasteiger partial charge is 0.486 e. The van der Waals surface area contributed by atoms with Crippen molar-refractivity contribution in [1.82, 2.24) is 4.72 Å². The molecule has 0 fully saturated rings. The molecule has 0 saturated heterocycles. The predicted molar refractivity (Wildman–Crippen MR) is 74.6 cm³/mol. The van der Waals surface area contributed by atoms with Crippen LogP contribution in [0.1, 0.15) is 12.5 Å². The van der Waals surface area contributed by atoms with Crippen LogP contribution in [0.5, 0.6) is 11.5 Å². The Morgan fingerprint density at radius 2 is 2.00 bits per heavy atom. The van der Waals surface area contributed by atoms with Crippen LogP contribution in [0, 0.1) is 0 Å². The predicted octanol–water partition coefficient (Wildman–Crippen LogP) is 0.300. The lowest BCUT2D eigenvalue weighted by atomic mass is 10.1. The summed E-state index contributed by atoms with van der Waals surface area (Å²) in [6.07, 6.45) is 0.550. The lowest BCUT2D eigenvalue weighted by molar-refractivity contribution is 0.171. The number of fused-ring (bicyclic) bond motifs is 1. The van der Waals surface area contributed by atoms with Crippen molar-refractivity contribution in [3.63, 3.8) is 0 Å². The Balaban J connectivity index is 1.92. The molecule has 0 saturated carbocycles. The average molecular weight is 301 g/mol. The second kappa shape index (κ2) is 6.43. The van der Waals surface area contributed by atoms with E-state index < -0.39 is 15.3 Å². The van der Waals surface area contributed by atoms with Crippen molar-refractivity contribution < 1.29 is 23.0 Å². The Kier molecular flexibility index (Phi) is 4.85. The van der Waals surface area contributed by atoms with Crippen LogP contribution in [0.15, 0.2) is 18.2 Å². The SMILES string of the molecule is CC(CO)S(=O)(=O)NCCc1ccc2c(c1)OCCO2. The van der Waals surface area contributed by atoms with E-state index in [9.17, 15) is 8.42 Å². The summed E-state index contributed by atoms with van der Waals surface area (Å²) in [5.41, 5.74) is 0.966. The van der Waals surface area contributed by atoms with Crippen molar-refractivity contribution in [3.8, 4) is 11.5 Å². The molecule has 0 amide bonds. The third kappa shape index (κ3) is 3.62. The molecule has 6 nitrogen and oxygen atoms in total. The molecular formula is C13H19NO5S. The number of benzene rings is 1. The van der Waals surface area contributed by atoms with E-state index in [1.165, 1.54) is 6.92 Å². The molecule has 0 bridgehead atoms. The van der Waals surface area contributed by atoms with Crippen LogP contribution in [0.25, 0.3) is 0 Å². The lowest BCUT2D eigenvalue weighted by Crippen LogP contribution is -2.35. The molecule has 20 heavy (non-hydrogen) atoms.